The van der Waals surface area contributed by atoms with Gasteiger partial charge in [-0.05, 0) is 26.7 Å². The molecule has 0 spiro atoms. The van der Waals surface area contributed by atoms with Crippen LogP contribution in [0.3, 0.4) is 0 Å². The van der Waals surface area contributed by atoms with Gasteiger partial charge in [0.15, 0.2) is 5.69 Å². The summed E-state index contributed by atoms with van der Waals surface area (Å²) >= 11 is 1.51. The van der Waals surface area contributed by atoms with Crippen molar-refractivity contribution in [1.82, 2.24) is 15.0 Å². The van der Waals surface area contributed by atoms with Gasteiger partial charge in [-0.3, -0.25) is 0 Å². The summed E-state index contributed by atoms with van der Waals surface area (Å²) in [4.78, 5) is 27.0. The summed E-state index contributed by atoms with van der Waals surface area (Å²) < 4.78 is 5.00. The Hall–Kier alpha value is -2.02. The van der Waals surface area contributed by atoms with E-state index < -0.39 is 0 Å². The van der Waals surface area contributed by atoms with Crippen LogP contribution in [0.1, 0.15) is 47.0 Å². The van der Waals surface area contributed by atoms with Crippen LogP contribution < -0.4 is 4.90 Å². The smallest absolute Gasteiger partial charge is 0.357 e. The van der Waals surface area contributed by atoms with Crippen LogP contribution in [0.4, 0.5) is 5.82 Å². The van der Waals surface area contributed by atoms with E-state index in [1.165, 1.54) is 11.3 Å². The molecule has 1 unspecified atom stereocenters. The molecule has 2 aromatic heterocycles. The van der Waals surface area contributed by atoms with Gasteiger partial charge in [0, 0.05) is 23.7 Å². The molecule has 3 heterocycles. The van der Waals surface area contributed by atoms with E-state index in [9.17, 15) is 4.79 Å². The number of aromatic nitrogens is 3. The van der Waals surface area contributed by atoms with Gasteiger partial charge in [-0.15, -0.1) is 11.3 Å². The number of ether oxygens (including phenoxy) is 1. The Morgan fingerprint density at radius 1 is 1.50 bits per heavy atom. The predicted molar refractivity (Wildman–Crippen MR) is 84.2 cm³/mol. The van der Waals surface area contributed by atoms with Crippen molar-refractivity contribution >= 4 is 23.1 Å². The van der Waals surface area contributed by atoms with Crippen LogP contribution in [0.2, 0.25) is 0 Å². The minimum absolute atomic E-state index is 0.169. The quantitative estimate of drug-likeness (QED) is 0.808. The highest BCUT2D eigenvalue weighted by atomic mass is 32.1. The van der Waals surface area contributed by atoms with Crippen molar-refractivity contribution in [3.05, 3.63) is 34.2 Å². The molecule has 1 aliphatic rings. The van der Waals surface area contributed by atoms with Gasteiger partial charge in [0.1, 0.15) is 17.2 Å². The highest BCUT2D eigenvalue weighted by Gasteiger charge is 2.30. The van der Waals surface area contributed by atoms with Gasteiger partial charge in [-0.25, -0.2) is 19.7 Å². The molecular formula is C15H18N4O2S. The van der Waals surface area contributed by atoms with Crippen LogP contribution >= 0.6 is 11.3 Å². The lowest BCUT2D eigenvalue weighted by molar-refractivity contribution is 0.0520. The molecule has 2 aromatic rings. The van der Waals surface area contributed by atoms with E-state index in [0.717, 1.165) is 35.9 Å². The molecule has 0 N–H and O–H groups in total. The number of aryl methyl sites for hydroxylation is 1. The number of rotatable bonds is 4. The minimum atomic E-state index is -0.354. The van der Waals surface area contributed by atoms with Gasteiger partial charge in [0.05, 0.1) is 12.6 Å². The first-order chi connectivity index (χ1) is 10.7. The third-order valence-corrected chi connectivity index (χ3v) is 4.57. The van der Waals surface area contributed by atoms with Crippen molar-refractivity contribution < 1.29 is 9.53 Å². The van der Waals surface area contributed by atoms with Gasteiger partial charge in [-0.1, -0.05) is 0 Å². The lowest BCUT2D eigenvalue weighted by Gasteiger charge is -2.24. The number of thiazole rings is 1. The van der Waals surface area contributed by atoms with Crippen LogP contribution in [0.5, 0.6) is 0 Å². The maximum absolute atomic E-state index is 11.8. The number of anilines is 1. The first-order valence-corrected chi connectivity index (χ1v) is 8.25. The fourth-order valence-corrected chi connectivity index (χ4v) is 3.57. The van der Waals surface area contributed by atoms with Crippen LogP contribution in [0.25, 0.3) is 0 Å². The van der Waals surface area contributed by atoms with Gasteiger partial charge in [-0.2, -0.15) is 0 Å². The number of esters is 1. The summed E-state index contributed by atoms with van der Waals surface area (Å²) in [7, 11) is 0. The second-order valence-corrected chi connectivity index (χ2v) is 6.05. The maximum atomic E-state index is 11.8. The summed E-state index contributed by atoms with van der Waals surface area (Å²) in [6.07, 6.45) is 3.69. The summed E-state index contributed by atoms with van der Waals surface area (Å²) in [5.74, 6) is 0.565. The van der Waals surface area contributed by atoms with Crippen molar-refractivity contribution in [3.63, 3.8) is 0 Å². The van der Waals surface area contributed by atoms with E-state index in [4.69, 9.17) is 4.74 Å². The van der Waals surface area contributed by atoms with Crippen molar-refractivity contribution in [3.8, 4) is 0 Å². The first-order valence-electron chi connectivity index (χ1n) is 7.37. The molecule has 116 valence electrons. The van der Waals surface area contributed by atoms with Crippen LogP contribution in [0.15, 0.2) is 17.8 Å². The van der Waals surface area contributed by atoms with Crippen molar-refractivity contribution in [2.75, 3.05) is 18.1 Å². The molecule has 1 aliphatic heterocycles. The normalized spacial score (nSPS) is 17.7. The molecule has 3 rings (SSSR count). The molecule has 0 saturated carbocycles. The monoisotopic (exact) mass is 318 g/mol. The third kappa shape index (κ3) is 2.94. The molecule has 1 atom stereocenters. The molecule has 0 aliphatic carbocycles. The second-order valence-electron chi connectivity index (χ2n) is 5.16. The van der Waals surface area contributed by atoms with Crippen LogP contribution in [-0.2, 0) is 4.74 Å². The number of hydrogen-bond donors (Lipinski definition) is 0. The van der Waals surface area contributed by atoms with E-state index in [-0.39, 0.29) is 12.0 Å². The van der Waals surface area contributed by atoms with Gasteiger partial charge in [0.25, 0.3) is 0 Å². The Balaban J connectivity index is 1.83. The van der Waals surface area contributed by atoms with Crippen molar-refractivity contribution in [2.24, 2.45) is 0 Å². The number of carbonyl (C=O) groups excluding carboxylic acids is 1. The Kier molecular flexibility index (Phi) is 4.33. The predicted octanol–water partition coefficient (Wildman–Crippen LogP) is 2.76. The average Bonchev–Trinajstić information content (AvgIpc) is 3.16. The fraction of sp³-hybridized carbons (Fsp3) is 0.467. The lowest BCUT2D eigenvalue weighted by atomic mass is 10.2. The molecule has 1 saturated heterocycles. The Morgan fingerprint density at radius 3 is 3.14 bits per heavy atom. The molecule has 7 heteroatoms. The fourth-order valence-electron chi connectivity index (χ4n) is 2.63. The van der Waals surface area contributed by atoms with Gasteiger partial charge < -0.3 is 9.64 Å². The van der Waals surface area contributed by atoms with Gasteiger partial charge in [0.2, 0.25) is 0 Å². The average molecular weight is 318 g/mol. The molecule has 1 fully saturated rings. The Bertz CT molecular complexity index is 673. The van der Waals surface area contributed by atoms with Crippen molar-refractivity contribution in [1.29, 1.82) is 0 Å². The second kappa shape index (κ2) is 6.39. The molecular weight excluding hydrogens is 300 g/mol. The standard InChI is InChI=1S/C15H18N4O2S/c1-3-21-15(20)11-8-22-14(18-11)12-5-4-6-19(12)13-7-10(2)16-9-17-13/h7-9,12H,3-6H2,1-2H3. The zero-order chi connectivity index (χ0) is 15.5. The third-order valence-electron chi connectivity index (χ3n) is 3.63. The highest BCUT2D eigenvalue weighted by Crippen LogP contribution is 2.36. The zero-order valence-electron chi connectivity index (χ0n) is 12.7. The SMILES string of the molecule is CCOC(=O)c1csc(C2CCCN2c2cc(C)ncn2)n1. The molecule has 0 amide bonds. The minimum Gasteiger partial charge on any atom is -0.461 e. The summed E-state index contributed by atoms with van der Waals surface area (Å²) in [6, 6.07) is 2.15. The van der Waals surface area contributed by atoms with Gasteiger partial charge >= 0.3 is 5.97 Å². The first kappa shape index (κ1) is 14.9. The summed E-state index contributed by atoms with van der Waals surface area (Å²) in [5, 5.41) is 2.71. The summed E-state index contributed by atoms with van der Waals surface area (Å²) in [6.45, 7) is 5.05. The molecule has 0 aromatic carbocycles. The number of hydrogen-bond acceptors (Lipinski definition) is 7. The topological polar surface area (TPSA) is 68.2 Å². The molecule has 0 radical (unpaired) electrons. The Morgan fingerprint density at radius 2 is 2.36 bits per heavy atom. The Labute approximate surface area is 133 Å². The lowest BCUT2D eigenvalue weighted by Crippen LogP contribution is -2.23. The number of nitrogens with zero attached hydrogens (tertiary/aromatic N) is 4. The van der Waals surface area contributed by atoms with E-state index in [0.29, 0.717) is 12.3 Å². The highest BCUT2D eigenvalue weighted by molar-refractivity contribution is 7.10. The van der Waals surface area contributed by atoms with E-state index in [1.54, 1.807) is 18.6 Å². The largest absolute Gasteiger partial charge is 0.461 e. The van der Waals surface area contributed by atoms with Crippen LogP contribution in [0, 0.1) is 6.92 Å². The van der Waals surface area contributed by atoms with E-state index >= 15 is 0 Å². The number of carbonyl (C=O) groups is 1. The maximum Gasteiger partial charge on any atom is 0.357 e. The molecule has 0 bridgehead atoms. The summed E-state index contributed by atoms with van der Waals surface area (Å²) in [5.41, 5.74) is 1.34. The van der Waals surface area contributed by atoms with E-state index in [2.05, 4.69) is 19.9 Å². The molecule has 22 heavy (non-hydrogen) atoms. The van der Waals surface area contributed by atoms with E-state index in [1.807, 2.05) is 13.0 Å². The van der Waals surface area contributed by atoms with Crippen molar-refractivity contribution in [2.45, 2.75) is 32.7 Å². The zero-order valence-corrected chi connectivity index (χ0v) is 13.5. The molecule has 6 nitrogen and oxygen atoms in total. The van der Waals surface area contributed by atoms with Crippen LogP contribution in [-0.4, -0.2) is 34.1 Å².